The lowest BCUT2D eigenvalue weighted by Gasteiger charge is -2.25. The smallest absolute Gasteiger partial charge is 0.338 e. The van der Waals surface area contributed by atoms with E-state index < -0.39 is 12.0 Å². The van der Waals surface area contributed by atoms with Crippen molar-refractivity contribution in [2.45, 2.75) is 19.9 Å². The van der Waals surface area contributed by atoms with Gasteiger partial charge in [-0.05, 0) is 49.2 Å². The number of rotatable bonds is 6. The number of ether oxygens (including phenoxy) is 3. The van der Waals surface area contributed by atoms with Crippen LogP contribution in [-0.2, 0) is 9.53 Å². The molecule has 0 amide bonds. The molecule has 0 unspecified atom stereocenters. The summed E-state index contributed by atoms with van der Waals surface area (Å²) in [5.41, 5.74) is 2.04. The molecule has 0 spiro atoms. The van der Waals surface area contributed by atoms with Crippen LogP contribution in [0.4, 0.5) is 0 Å². The maximum Gasteiger partial charge on any atom is 0.338 e. The van der Waals surface area contributed by atoms with Gasteiger partial charge >= 0.3 is 5.97 Å². The minimum atomic E-state index is -0.726. The second-order valence-electron chi connectivity index (χ2n) is 7.20. The number of allylic oxidation sites excluding steroid dienone is 1. The van der Waals surface area contributed by atoms with Crippen molar-refractivity contribution in [2.24, 2.45) is 4.99 Å². The van der Waals surface area contributed by atoms with E-state index in [0.29, 0.717) is 37.7 Å². The summed E-state index contributed by atoms with van der Waals surface area (Å²) >= 11 is 1.26. The van der Waals surface area contributed by atoms with Gasteiger partial charge in [0.15, 0.2) is 16.3 Å². The summed E-state index contributed by atoms with van der Waals surface area (Å²) in [7, 11) is 3.08. The first-order valence-corrected chi connectivity index (χ1v) is 11.1. The Morgan fingerprint density at radius 3 is 2.67 bits per heavy atom. The van der Waals surface area contributed by atoms with E-state index in [2.05, 4.69) is 9.98 Å². The van der Waals surface area contributed by atoms with Gasteiger partial charge in [-0.25, -0.2) is 9.79 Å². The van der Waals surface area contributed by atoms with Crippen LogP contribution in [0.25, 0.3) is 6.08 Å². The molecule has 0 saturated heterocycles. The summed E-state index contributed by atoms with van der Waals surface area (Å²) in [5.74, 6) is 0.522. The number of benzene rings is 1. The number of aromatic nitrogens is 2. The number of esters is 1. The Kier molecular flexibility index (Phi) is 6.41. The van der Waals surface area contributed by atoms with E-state index >= 15 is 0 Å². The molecule has 3 heterocycles. The minimum absolute atomic E-state index is 0.208. The summed E-state index contributed by atoms with van der Waals surface area (Å²) < 4.78 is 18.2. The molecule has 0 bridgehead atoms. The van der Waals surface area contributed by atoms with Crippen molar-refractivity contribution in [1.29, 1.82) is 0 Å². The van der Waals surface area contributed by atoms with Gasteiger partial charge in [-0.15, -0.1) is 0 Å². The minimum Gasteiger partial charge on any atom is -0.493 e. The van der Waals surface area contributed by atoms with Gasteiger partial charge in [-0.2, -0.15) is 0 Å². The average Bonchev–Trinajstić information content (AvgIpc) is 3.12. The zero-order valence-corrected chi connectivity index (χ0v) is 19.5. The molecule has 1 atom stereocenters. The Bertz CT molecular complexity index is 1410. The predicted octanol–water partition coefficient (Wildman–Crippen LogP) is 2.21. The monoisotopic (exact) mass is 465 g/mol. The van der Waals surface area contributed by atoms with Gasteiger partial charge in [0.1, 0.15) is 0 Å². The maximum atomic E-state index is 13.5. The van der Waals surface area contributed by atoms with Gasteiger partial charge in [-0.1, -0.05) is 23.5 Å². The van der Waals surface area contributed by atoms with E-state index in [0.717, 1.165) is 5.56 Å². The van der Waals surface area contributed by atoms with E-state index in [4.69, 9.17) is 14.2 Å². The van der Waals surface area contributed by atoms with Crippen molar-refractivity contribution in [2.75, 3.05) is 20.8 Å². The zero-order valence-electron chi connectivity index (χ0n) is 18.7. The highest BCUT2D eigenvalue weighted by atomic mass is 32.1. The van der Waals surface area contributed by atoms with Gasteiger partial charge < -0.3 is 14.2 Å². The van der Waals surface area contributed by atoms with Crippen molar-refractivity contribution in [3.8, 4) is 11.5 Å². The second kappa shape index (κ2) is 9.41. The van der Waals surface area contributed by atoms with Gasteiger partial charge in [0.2, 0.25) is 0 Å². The maximum absolute atomic E-state index is 13.5. The predicted molar refractivity (Wildman–Crippen MR) is 124 cm³/mol. The van der Waals surface area contributed by atoms with Crippen LogP contribution in [0.2, 0.25) is 0 Å². The molecule has 1 aliphatic heterocycles. The largest absolute Gasteiger partial charge is 0.493 e. The molecular weight excluding hydrogens is 442 g/mol. The first-order valence-electron chi connectivity index (χ1n) is 10.3. The Hall–Kier alpha value is -3.72. The third-order valence-electron chi connectivity index (χ3n) is 5.22. The van der Waals surface area contributed by atoms with E-state index in [-0.39, 0.29) is 12.2 Å². The molecule has 1 aliphatic rings. The lowest BCUT2D eigenvalue weighted by Crippen LogP contribution is -2.40. The van der Waals surface area contributed by atoms with Crippen molar-refractivity contribution in [3.63, 3.8) is 0 Å². The molecule has 3 aromatic rings. The van der Waals surface area contributed by atoms with E-state index in [1.165, 1.54) is 23.0 Å². The molecule has 0 fully saturated rings. The summed E-state index contributed by atoms with van der Waals surface area (Å²) in [4.78, 5) is 35.7. The summed E-state index contributed by atoms with van der Waals surface area (Å²) in [5, 5.41) is 0. The summed E-state index contributed by atoms with van der Waals surface area (Å²) in [6, 6.07) is 8.26. The quantitative estimate of drug-likeness (QED) is 0.519. The van der Waals surface area contributed by atoms with Crippen molar-refractivity contribution in [3.05, 3.63) is 84.8 Å². The normalized spacial score (nSPS) is 15.6. The van der Waals surface area contributed by atoms with Crippen molar-refractivity contribution < 1.29 is 19.0 Å². The number of hydrogen-bond acceptors (Lipinski definition) is 8. The lowest BCUT2D eigenvalue weighted by atomic mass is 9.95. The third-order valence-corrected chi connectivity index (χ3v) is 6.21. The van der Waals surface area contributed by atoms with Crippen molar-refractivity contribution >= 4 is 23.4 Å². The molecule has 0 radical (unpaired) electrons. The van der Waals surface area contributed by atoms with Gasteiger partial charge in [-0.3, -0.25) is 14.3 Å². The fraction of sp³-hybridized carbons (Fsp3) is 0.250. The van der Waals surface area contributed by atoms with Crippen LogP contribution in [0.5, 0.6) is 11.5 Å². The number of nitrogens with zero attached hydrogens (tertiary/aromatic N) is 3. The summed E-state index contributed by atoms with van der Waals surface area (Å²) in [6.45, 7) is 3.69. The molecular formula is C24H23N3O5S. The highest BCUT2D eigenvalue weighted by Gasteiger charge is 2.33. The fourth-order valence-electron chi connectivity index (χ4n) is 3.74. The van der Waals surface area contributed by atoms with Crippen LogP contribution in [0, 0.1) is 0 Å². The van der Waals surface area contributed by atoms with E-state index in [1.54, 1.807) is 57.6 Å². The number of carbonyl (C=O) groups is 1. The molecule has 0 saturated carbocycles. The van der Waals surface area contributed by atoms with Crippen LogP contribution in [0.1, 0.15) is 31.0 Å². The Balaban J connectivity index is 1.98. The number of pyridine rings is 1. The van der Waals surface area contributed by atoms with E-state index in [1.807, 2.05) is 12.1 Å². The van der Waals surface area contributed by atoms with E-state index in [9.17, 15) is 9.59 Å². The number of fused-ring (bicyclic) bond motifs is 1. The molecule has 2 aromatic heterocycles. The summed E-state index contributed by atoms with van der Waals surface area (Å²) in [6.07, 6.45) is 5.12. The molecule has 1 aromatic carbocycles. The zero-order chi connectivity index (χ0) is 23.5. The van der Waals surface area contributed by atoms with Gasteiger partial charge in [0.25, 0.3) is 5.56 Å². The highest BCUT2D eigenvalue weighted by Crippen LogP contribution is 2.36. The molecule has 170 valence electrons. The molecule has 33 heavy (non-hydrogen) atoms. The fourth-order valence-corrected chi connectivity index (χ4v) is 4.79. The van der Waals surface area contributed by atoms with Crippen LogP contribution >= 0.6 is 11.3 Å². The number of methoxy groups -OCH3 is 2. The Labute approximate surface area is 194 Å². The van der Waals surface area contributed by atoms with Crippen molar-refractivity contribution in [1.82, 2.24) is 9.55 Å². The number of thiazole rings is 1. The van der Waals surface area contributed by atoms with Crippen LogP contribution in [-0.4, -0.2) is 36.3 Å². The lowest BCUT2D eigenvalue weighted by molar-refractivity contribution is -0.139. The SMILES string of the molecule is CCOC(=O)C1=C(C)N=c2s/c(=C\c3cccnc3)c(=O)n2[C@H]1c1ccc(OC)c(OC)c1. The van der Waals surface area contributed by atoms with Crippen LogP contribution < -0.4 is 24.4 Å². The average molecular weight is 466 g/mol. The first-order chi connectivity index (χ1) is 16.0. The molecule has 0 aliphatic carbocycles. The third kappa shape index (κ3) is 4.19. The topological polar surface area (TPSA) is 92.0 Å². The standard InChI is InChI=1S/C24H23N3O5S/c1-5-32-23(29)20-14(2)26-24-27(21(20)16-8-9-17(30-3)18(12-16)31-4)22(28)19(33-24)11-15-7-6-10-25-13-15/h6-13,21H,5H2,1-4H3/b19-11-/t21-/m0/s1. The molecule has 4 rings (SSSR count). The second-order valence-corrected chi connectivity index (χ2v) is 8.21. The Morgan fingerprint density at radius 1 is 1.21 bits per heavy atom. The first kappa shape index (κ1) is 22.5. The number of carbonyl (C=O) groups excluding carboxylic acids is 1. The number of hydrogen-bond donors (Lipinski definition) is 0. The molecule has 0 N–H and O–H groups in total. The van der Waals surface area contributed by atoms with Gasteiger partial charge in [0.05, 0.1) is 42.7 Å². The van der Waals surface area contributed by atoms with Crippen LogP contribution in [0.3, 0.4) is 0 Å². The Morgan fingerprint density at radius 2 is 2.00 bits per heavy atom. The molecule has 8 nitrogen and oxygen atoms in total. The van der Waals surface area contributed by atoms with Gasteiger partial charge in [0, 0.05) is 12.4 Å². The molecule has 9 heteroatoms. The van der Waals surface area contributed by atoms with Crippen LogP contribution in [0.15, 0.2) is 63.8 Å². The highest BCUT2D eigenvalue weighted by molar-refractivity contribution is 7.07.